The smallest absolute Gasteiger partial charge is 0.408 e. The summed E-state index contributed by atoms with van der Waals surface area (Å²) in [4.78, 5) is 98.9. The number of amides is 5. The average Bonchev–Trinajstić information content (AvgIpc) is 3.00. The van der Waals surface area contributed by atoms with Crippen LogP contribution in [0.25, 0.3) is 0 Å². The molecule has 0 heterocycles. The van der Waals surface area contributed by atoms with Crippen LogP contribution in [0.2, 0.25) is 0 Å². The SMILES string of the molecule is COC(=O)[C@@H](CCC(=O)N(C)CC(=O)N[C@H](CC(=O)O)C(=O)OC)NC(=O)CCNC(=O)[C@H](Cc1ccccc1)NC(=O)OC(C)(C)C. The van der Waals surface area contributed by atoms with Crippen molar-refractivity contribution in [1.29, 1.82) is 0 Å². The minimum absolute atomic E-state index is 0.148. The number of carboxylic acids is 1. The molecule has 5 amide bonds. The number of likely N-dealkylation sites (N-methyl/N-ethyl adjacent to an activating group) is 1. The van der Waals surface area contributed by atoms with E-state index in [-0.39, 0.29) is 32.2 Å². The summed E-state index contributed by atoms with van der Waals surface area (Å²) in [6.07, 6.45) is -2.11. The number of hydrogen-bond donors (Lipinski definition) is 5. The second-order valence-corrected chi connectivity index (χ2v) is 11.6. The molecule has 0 aliphatic carbocycles. The van der Waals surface area contributed by atoms with Crippen molar-refractivity contribution in [1.82, 2.24) is 26.2 Å². The summed E-state index contributed by atoms with van der Waals surface area (Å²) >= 11 is 0. The number of alkyl carbamates (subject to hydrolysis) is 1. The van der Waals surface area contributed by atoms with E-state index in [0.29, 0.717) is 0 Å². The lowest BCUT2D eigenvalue weighted by molar-refractivity contribution is -0.149. The molecule has 1 aromatic carbocycles. The van der Waals surface area contributed by atoms with Crippen molar-refractivity contribution >= 4 is 47.6 Å². The van der Waals surface area contributed by atoms with Crippen LogP contribution in [0.15, 0.2) is 30.3 Å². The molecule has 0 unspecified atom stereocenters. The number of esters is 2. The van der Waals surface area contributed by atoms with E-state index in [4.69, 9.17) is 14.6 Å². The largest absolute Gasteiger partial charge is 0.481 e. The number of ether oxygens (including phenoxy) is 3. The predicted octanol–water partition coefficient (Wildman–Crippen LogP) is -0.342. The maximum absolute atomic E-state index is 13.0. The van der Waals surface area contributed by atoms with Crippen molar-refractivity contribution < 1.29 is 57.7 Å². The van der Waals surface area contributed by atoms with Crippen LogP contribution < -0.4 is 21.3 Å². The molecule has 0 bridgehead atoms. The summed E-state index contributed by atoms with van der Waals surface area (Å²) in [6.45, 7) is 4.37. The Bertz CT molecular complexity index is 1300. The monoisotopic (exact) mass is 679 g/mol. The van der Waals surface area contributed by atoms with Crippen LogP contribution >= 0.6 is 0 Å². The van der Waals surface area contributed by atoms with E-state index in [1.54, 1.807) is 45.0 Å². The van der Waals surface area contributed by atoms with E-state index in [1.807, 2.05) is 6.07 Å². The van der Waals surface area contributed by atoms with Gasteiger partial charge in [-0.3, -0.25) is 24.0 Å². The van der Waals surface area contributed by atoms with Crippen molar-refractivity contribution in [2.45, 2.75) is 76.6 Å². The minimum Gasteiger partial charge on any atom is -0.481 e. The predicted molar refractivity (Wildman–Crippen MR) is 168 cm³/mol. The first kappa shape index (κ1) is 40.8. The van der Waals surface area contributed by atoms with Gasteiger partial charge in [0.05, 0.1) is 27.2 Å². The highest BCUT2D eigenvalue weighted by Crippen LogP contribution is 2.09. The van der Waals surface area contributed by atoms with E-state index < -0.39 is 84.3 Å². The summed E-state index contributed by atoms with van der Waals surface area (Å²) in [5.74, 6) is -5.79. The molecule has 0 aliphatic rings. The van der Waals surface area contributed by atoms with E-state index >= 15 is 0 Å². The van der Waals surface area contributed by atoms with Gasteiger partial charge in [0.25, 0.3) is 0 Å². The molecule has 1 rings (SSSR count). The molecule has 17 nitrogen and oxygen atoms in total. The van der Waals surface area contributed by atoms with Crippen molar-refractivity contribution in [3.63, 3.8) is 0 Å². The van der Waals surface area contributed by atoms with Crippen molar-refractivity contribution in [2.75, 3.05) is 34.4 Å². The molecule has 3 atom stereocenters. The van der Waals surface area contributed by atoms with Gasteiger partial charge in [-0.05, 0) is 32.8 Å². The fourth-order valence-corrected chi connectivity index (χ4v) is 4.10. The van der Waals surface area contributed by atoms with E-state index in [9.17, 15) is 38.4 Å². The van der Waals surface area contributed by atoms with Crippen LogP contribution in [0, 0.1) is 0 Å². The maximum Gasteiger partial charge on any atom is 0.408 e. The van der Waals surface area contributed by atoms with Gasteiger partial charge < -0.3 is 45.5 Å². The number of rotatable bonds is 18. The first-order chi connectivity index (χ1) is 22.4. The molecular formula is C31H45N5O12. The normalized spacial score (nSPS) is 12.6. The fraction of sp³-hybridized carbons (Fsp3) is 0.548. The van der Waals surface area contributed by atoms with Crippen LogP contribution in [0.1, 0.15) is 52.0 Å². The second kappa shape index (κ2) is 20.1. The Labute approximate surface area is 278 Å². The number of hydrogen-bond acceptors (Lipinski definition) is 11. The van der Waals surface area contributed by atoms with Gasteiger partial charge in [0.1, 0.15) is 23.7 Å². The lowest BCUT2D eigenvalue weighted by Crippen LogP contribution is -2.50. The molecule has 1 aromatic rings. The molecule has 0 fully saturated rings. The summed E-state index contributed by atoms with van der Waals surface area (Å²) in [5, 5.41) is 18.7. The van der Waals surface area contributed by atoms with E-state index in [2.05, 4.69) is 26.0 Å². The topological polar surface area (TPSA) is 236 Å². The first-order valence-electron chi connectivity index (χ1n) is 15.0. The Morgan fingerprint density at radius 2 is 1.40 bits per heavy atom. The maximum atomic E-state index is 13.0. The van der Waals surface area contributed by atoms with Crippen molar-refractivity contribution in [3.8, 4) is 0 Å². The van der Waals surface area contributed by atoms with Crippen molar-refractivity contribution in [2.24, 2.45) is 0 Å². The summed E-state index contributed by atoms with van der Waals surface area (Å²) in [5.41, 5.74) is -0.0174. The van der Waals surface area contributed by atoms with E-state index in [1.165, 1.54) is 7.05 Å². The first-order valence-corrected chi connectivity index (χ1v) is 15.0. The minimum atomic E-state index is -1.46. The van der Waals surface area contributed by atoms with Crippen LogP contribution in [-0.4, -0.2) is 116 Å². The highest BCUT2D eigenvalue weighted by molar-refractivity contribution is 5.91. The lowest BCUT2D eigenvalue weighted by atomic mass is 10.1. The zero-order valence-electron chi connectivity index (χ0n) is 28.0. The summed E-state index contributed by atoms with van der Waals surface area (Å²) in [6, 6.07) is 5.26. The Balaban J connectivity index is 2.71. The Kier molecular flexibility index (Phi) is 17.1. The molecule has 0 aliphatic heterocycles. The molecule has 48 heavy (non-hydrogen) atoms. The molecular weight excluding hydrogens is 634 g/mol. The fourth-order valence-electron chi connectivity index (χ4n) is 4.10. The van der Waals surface area contributed by atoms with Gasteiger partial charge in [-0.2, -0.15) is 0 Å². The molecule has 0 aromatic heterocycles. The number of carbonyl (C=O) groups excluding carboxylic acids is 7. The summed E-state index contributed by atoms with van der Waals surface area (Å²) in [7, 11) is 3.41. The quantitative estimate of drug-likeness (QED) is 0.0990. The standard InChI is InChI=1S/C31H45N5O12/c1-31(2,3)48-30(45)35-21(16-19-10-8-7-9-11-19)27(42)32-15-14-23(37)33-20(28(43)46-5)12-13-25(39)36(4)18-24(38)34-22(17-26(40)41)29(44)47-6/h7-11,20-22H,12-18H2,1-6H3,(H,32,42)(H,33,37)(H,34,38)(H,35,45)(H,40,41)/t20-,21+,22-/m1/s1. The van der Waals surface area contributed by atoms with Crippen LogP contribution in [-0.2, 0) is 54.2 Å². The highest BCUT2D eigenvalue weighted by atomic mass is 16.6. The van der Waals surface area contributed by atoms with Crippen LogP contribution in [0.5, 0.6) is 0 Å². The van der Waals surface area contributed by atoms with Gasteiger partial charge in [0.15, 0.2) is 0 Å². The van der Waals surface area contributed by atoms with Crippen LogP contribution in [0.3, 0.4) is 0 Å². The third-order valence-electron chi connectivity index (χ3n) is 6.42. The Hall–Kier alpha value is -5.22. The molecule has 0 spiro atoms. The third-order valence-corrected chi connectivity index (χ3v) is 6.42. The Morgan fingerprint density at radius 3 is 1.96 bits per heavy atom. The van der Waals surface area contributed by atoms with Gasteiger partial charge >= 0.3 is 24.0 Å². The molecule has 0 radical (unpaired) electrons. The number of nitrogens with zero attached hydrogens (tertiary/aromatic N) is 1. The zero-order valence-corrected chi connectivity index (χ0v) is 28.0. The van der Waals surface area contributed by atoms with E-state index in [0.717, 1.165) is 24.7 Å². The number of nitrogens with one attached hydrogen (secondary N) is 4. The number of carboxylic acid groups (broad SMARTS) is 1. The third kappa shape index (κ3) is 16.4. The van der Waals surface area contributed by atoms with Gasteiger partial charge in [-0.15, -0.1) is 0 Å². The summed E-state index contributed by atoms with van der Waals surface area (Å²) < 4.78 is 14.5. The molecule has 266 valence electrons. The molecule has 0 saturated heterocycles. The van der Waals surface area contributed by atoms with Gasteiger partial charge in [-0.1, -0.05) is 30.3 Å². The van der Waals surface area contributed by atoms with Gasteiger partial charge in [0, 0.05) is 32.9 Å². The molecule has 17 heteroatoms. The van der Waals surface area contributed by atoms with Crippen LogP contribution in [0.4, 0.5) is 4.79 Å². The van der Waals surface area contributed by atoms with Gasteiger partial charge in [-0.25, -0.2) is 14.4 Å². The number of methoxy groups -OCH3 is 2. The lowest BCUT2D eigenvalue weighted by Gasteiger charge is -2.23. The second-order valence-electron chi connectivity index (χ2n) is 11.6. The average molecular weight is 680 g/mol. The Morgan fingerprint density at radius 1 is 0.812 bits per heavy atom. The number of benzene rings is 1. The molecule has 0 saturated carbocycles. The zero-order chi connectivity index (χ0) is 36.4. The van der Waals surface area contributed by atoms with Crippen molar-refractivity contribution in [3.05, 3.63) is 35.9 Å². The van der Waals surface area contributed by atoms with Gasteiger partial charge in [0.2, 0.25) is 23.6 Å². The number of aliphatic carboxylic acids is 1. The highest BCUT2D eigenvalue weighted by Gasteiger charge is 2.28. The molecule has 5 N–H and O–H groups in total. The number of carbonyl (C=O) groups is 8.